The Labute approximate surface area is 129 Å². The van der Waals surface area contributed by atoms with Crippen LogP contribution in [-0.2, 0) is 13.0 Å². The van der Waals surface area contributed by atoms with Crippen LogP contribution >= 0.6 is 11.6 Å². The number of nitrogens with zero attached hydrogens (tertiary/aromatic N) is 2. The lowest BCUT2D eigenvalue weighted by Gasteiger charge is -2.21. The molecule has 2 aromatic carbocycles. The van der Waals surface area contributed by atoms with Crippen LogP contribution in [0.1, 0.15) is 16.7 Å². The number of halogens is 1. The highest BCUT2D eigenvalue weighted by molar-refractivity contribution is 6.30. The zero-order valence-corrected chi connectivity index (χ0v) is 12.5. The minimum Gasteiger partial charge on any atom is -0.493 e. The van der Waals surface area contributed by atoms with Crippen LogP contribution < -0.4 is 9.64 Å². The Morgan fingerprint density at radius 3 is 2.76 bits per heavy atom. The van der Waals surface area contributed by atoms with Crippen LogP contribution in [0.15, 0.2) is 36.4 Å². The first-order valence-electron chi connectivity index (χ1n) is 6.83. The Hall–Kier alpha value is -2.18. The van der Waals surface area contributed by atoms with Crippen LogP contribution in [0, 0.1) is 11.3 Å². The van der Waals surface area contributed by atoms with Crippen molar-refractivity contribution in [3.05, 3.63) is 58.1 Å². The number of ether oxygens (including phenoxy) is 1. The maximum atomic E-state index is 8.84. The van der Waals surface area contributed by atoms with E-state index in [2.05, 4.69) is 11.0 Å². The second kappa shape index (κ2) is 5.67. The molecule has 0 aliphatic carbocycles. The monoisotopic (exact) mass is 298 g/mol. The molecule has 0 N–H and O–H groups in total. The lowest BCUT2D eigenvalue weighted by molar-refractivity contribution is 0.353. The summed E-state index contributed by atoms with van der Waals surface area (Å²) in [6.07, 6.45) is 0.920. The summed E-state index contributed by atoms with van der Waals surface area (Å²) in [5.74, 6) is 0.972. The van der Waals surface area contributed by atoms with Gasteiger partial charge in [-0.1, -0.05) is 11.6 Å². The molecule has 0 radical (unpaired) electrons. The fourth-order valence-electron chi connectivity index (χ4n) is 2.60. The standard InChI is InChI=1S/C17H15ClN2O/c1-20(16-4-2-12(10-19)3-5-16)11-14-9-15(18)8-13-6-7-21-17(13)14/h2-5,8-9H,6-7,11H2,1H3. The Morgan fingerprint density at radius 2 is 2.05 bits per heavy atom. The first kappa shape index (κ1) is 13.8. The minimum atomic E-state index is 0.666. The van der Waals surface area contributed by atoms with Gasteiger partial charge in [0.2, 0.25) is 0 Å². The van der Waals surface area contributed by atoms with Crippen LogP contribution in [-0.4, -0.2) is 13.7 Å². The first-order chi connectivity index (χ1) is 10.2. The number of hydrogen-bond donors (Lipinski definition) is 0. The number of fused-ring (bicyclic) bond motifs is 1. The minimum absolute atomic E-state index is 0.666. The molecule has 0 saturated heterocycles. The van der Waals surface area contributed by atoms with Gasteiger partial charge in [-0.3, -0.25) is 0 Å². The van der Waals surface area contributed by atoms with Gasteiger partial charge in [0.1, 0.15) is 5.75 Å². The van der Waals surface area contributed by atoms with Crippen molar-refractivity contribution >= 4 is 17.3 Å². The van der Waals surface area contributed by atoms with Crippen LogP contribution in [0.3, 0.4) is 0 Å². The molecule has 1 aliphatic rings. The van der Waals surface area contributed by atoms with Crippen molar-refractivity contribution < 1.29 is 4.74 Å². The van der Waals surface area contributed by atoms with Gasteiger partial charge in [0.25, 0.3) is 0 Å². The average molecular weight is 299 g/mol. The summed E-state index contributed by atoms with van der Waals surface area (Å²) < 4.78 is 5.73. The average Bonchev–Trinajstić information content (AvgIpc) is 2.95. The van der Waals surface area contributed by atoms with Gasteiger partial charge in [0.15, 0.2) is 0 Å². The largest absolute Gasteiger partial charge is 0.493 e. The van der Waals surface area contributed by atoms with Crippen molar-refractivity contribution in [1.82, 2.24) is 0 Å². The van der Waals surface area contributed by atoms with Crippen molar-refractivity contribution in [3.63, 3.8) is 0 Å². The molecule has 0 saturated carbocycles. The van der Waals surface area contributed by atoms with E-state index >= 15 is 0 Å². The normalized spacial score (nSPS) is 12.4. The van der Waals surface area contributed by atoms with E-state index in [1.807, 2.05) is 43.4 Å². The molecular weight excluding hydrogens is 284 g/mol. The molecule has 21 heavy (non-hydrogen) atoms. The van der Waals surface area contributed by atoms with Gasteiger partial charge in [0.05, 0.1) is 18.2 Å². The highest BCUT2D eigenvalue weighted by atomic mass is 35.5. The predicted octanol–water partition coefficient (Wildman–Crippen LogP) is 3.78. The van der Waals surface area contributed by atoms with E-state index in [4.69, 9.17) is 21.6 Å². The fourth-order valence-corrected chi connectivity index (χ4v) is 2.86. The van der Waals surface area contributed by atoms with Gasteiger partial charge in [-0.05, 0) is 42.0 Å². The number of nitriles is 1. The number of hydrogen-bond acceptors (Lipinski definition) is 3. The zero-order valence-electron chi connectivity index (χ0n) is 11.8. The van der Waals surface area contributed by atoms with Gasteiger partial charge >= 0.3 is 0 Å². The summed E-state index contributed by atoms with van der Waals surface area (Å²) >= 11 is 6.19. The summed E-state index contributed by atoms with van der Waals surface area (Å²) in [7, 11) is 2.02. The molecule has 3 nitrogen and oxygen atoms in total. The van der Waals surface area contributed by atoms with E-state index in [9.17, 15) is 0 Å². The smallest absolute Gasteiger partial charge is 0.127 e. The third-order valence-corrected chi connectivity index (χ3v) is 3.89. The number of rotatable bonds is 3. The van der Waals surface area contributed by atoms with Crippen LogP contribution in [0.25, 0.3) is 0 Å². The van der Waals surface area contributed by atoms with Crippen molar-refractivity contribution in [3.8, 4) is 11.8 Å². The number of benzene rings is 2. The molecule has 2 aromatic rings. The van der Waals surface area contributed by atoms with Gasteiger partial charge in [-0.2, -0.15) is 5.26 Å². The van der Waals surface area contributed by atoms with Crippen LogP contribution in [0.4, 0.5) is 5.69 Å². The fraction of sp³-hybridized carbons (Fsp3) is 0.235. The molecular formula is C17H15ClN2O. The van der Waals surface area contributed by atoms with E-state index in [0.717, 1.165) is 41.6 Å². The van der Waals surface area contributed by atoms with Gasteiger partial charge < -0.3 is 9.64 Å². The molecule has 0 bridgehead atoms. The van der Waals surface area contributed by atoms with Crippen molar-refractivity contribution in [2.75, 3.05) is 18.6 Å². The zero-order chi connectivity index (χ0) is 14.8. The van der Waals surface area contributed by atoms with E-state index in [-0.39, 0.29) is 0 Å². The molecule has 1 aliphatic heterocycles. The van der Waals surface area contributed by atoms with Gasteiger partial charge in [-0.25, -0.2) is 0 Å². The molecule has 0 aromatic heterocycles. The van der Waals surface area contributed by atoms with Crippen molar-refractivity contribution in [2.24, 2.45) is 0 Å². The summed E-state index contributed by atoms with van der Waals surface area (Å²) in [5, 5.41) is 9.60. The second-order valence-corrected chi connectivity index (χ2v) is 5.60. The Kier molecular flexibility index (Phi) is 3.72. The van der Waals surface area contributed by atoms with Gasteiger partial charge in [0, 0.05) is 36.3 Å². The SMILES string of the molecule is CN(Cc1cc(Cl)cc2c1OCC2)c1ccc(C#N)cc1. The van der Waals surface area contributed by atoms with E-state index in [1.165, 1.54) is 5.56 Å². The van der Waals surface area contributed by atoms with E-state index in [1.54, 1.807) is 0 Å². The lowest BCUT2D eigenvalue weighted by Crippen LogP contribution is -2.16. The van der Waals surface area contributed by atoms with Crippen LogP contribution in [0.5, 0.6) is 5.75 Å². The van der Waals surface area contributed by atoms with Gasteiger partial charge in [-0.15, -0.1) is 0 Å². The molecule has 4 heteroatoms. The van der Waals surface area contributed by atoms with E-state index in [0.29, 0.717) is 5.56 Å². The Balaban J connectivity index is 1.84. The predicted molar refractivity (Wildman–Crippen MR) is 83.9 cm³/mol. The molecule has 1 heterocycles. The Morgan fingerprint density at radius 1 is 1.29 bits per heavy atom. The summed E-state index contributed by atoms with van der Waals surface area (Å²) in [6.45, 7) is 1.44. The highest BCUT2D eigenvalue weighted by Crippen LogP contribution is 2.34. The first-order valence-corrected chi connectivity index (χ1v) is 7.20. The molecule has 0 fully saturated rings. The molecule has 0 amide bonds. The second-order valence-electron chi connectivity index (χ2n) is 5.17. The maximum absolute atomic E-state index is 8.84. The van der Waals surface area contributed by atoms with Crippen molar-refractivity contribution in [2.45, 2.75) is 13.0 Å². The number of anilines is 1. The van der Waals surface area contributed by atoms with E-state index < -0.39 is 0 Å². The third-order valence-electron chi connectivity index (χ3n) is 3.67. The molecule has 3 rings (SSSR count). The van der Waals surface area contributed by atoms with Crippen LogP contribution in [0.2, 0.25) is 5.02 Å². The Bertz CT molecular complexity index is 704. The molecule has 0 unspecified atom stereocenters. The summed E-state index contributed by atoms with van der Waals surface area (Å²) in [4.78, 5) is 2.12. The quantitative estimate of drug-likeness (QED) is 0.865. The maximum Gasteiger partial charge on any atom is 0.127 e. The summed E-state index contributed by atoms with van der Waals surface area (Å²) in [5.41, 5.74) is 4.01. The highest BCUT2D eigenvalue weighted by Gasteiger charge is 2.18. The molecule has 0 spiro atoms. The summed E-state index contributed by atoms with van der Waals surface area (Å²) in [6, 6.07) is 13.6. The lowest BCUT2D eigenvalue weighted by atomic mass is 10.1. The molecule has 0 atom stereocenters. The topological polar surface area (TPSA) is 36.3 Å². The van der Waals surface area contributed by atoms with Crippen molar-refractivity contribution in [1.29, 1.82) is 5.26 Å². The molecule has 106 valence electrons. The third kappa shape index (κ3) is 2.81.